The largest absolute Gasteiger partial charge is 0.364 e. The second-order valence-electron chi connectivity index (χ2n) is 9.51. The zero-order chi connectivity index (χ0) is 26.8. The minimum absolute atomic E-state index is 0. The third-order valence-corrected chi connectivity index (χ3v) is 6.85. The second-order valence-corrected chi connectivity index (χ2v) is 9.92. The molecule has 0 unspecified atom stereocenters. The van der Waals surface area contributed by atoms with Crippen LogP contribution in [-0.2, 0) is 12.8 Å². The number of fused-ring (bicyclic) bond motifs is 3. The number of hydrogen-bond donors (Lipinski definition) is 2. The number of benzene rings is 3. The Kier molecular flexibility index (Phi) is 8.55. The number of aryl methyl sites for hydroxylation is 1. The second kappa shape index (κ2) is 11.9. The Labute approximate surface area is 238 Å². The van der Waals surface area contributed by atoms with Gasteiger partial charge < -0.3 is 16.0 Å². The summed E-state index contributed by atoms with van der Waals surface area (Å²) in [5, 5.41) is 7.97. The van der Waals surface area contributed by atoms with Gasteiger partial charge in [-0.1, -0.05) is 54.1 Å². The predicted molar refractivity (Wildman–Crippen MR) is 159 cm³/mol. The highest BCUT2D eigenvalue weighted by Crippen LogP contribution is 2.38. The van der Waals surface area contributed by atoms with Gasteiger partial charge in [0.15, 0.2) is 5.69 Å². The molecule has 3 aromatic carbocycles. The first-order chi connectivity index (χ1) is 18.3. The van der Waals surface area contributed by atoms with Crippen molar-refractivity contribution in [2.45, 2.75) is 12.8 Å². The average Bonchev–Trinajstić information content (AvgIpc) is 3.30. The van der Waals surface area contributed by atoms with E-state index in [1.54, 1.807) is 28.9 Å². The zero-order valence-electron chi connectivity index (χ0n) is 21.6. The van der Waals surface area contributed by atoms with E-state index in [0.717, 1.165) is 46.6 Å². The van der Waals surface area contributed by atoms with Crippen LogP contribution in [0.1, 0.15) is 37.5 Å². The maximum absolute atomic E-state index is 12.9. The van der Waals surface area contributed by atoms with Crippen molar-refractivity contribution in [2.75, 3.05) is 26.0 Å². The van der Waals surface area contributed by atoms with Gasteiger partial charge in [0.25, 0.3) is 11.8 Å². The Morgan fingerprint density at radius 3 is 2.51 bits per heavy atom. The Bertz CT molecular complexity index is 1560. The summed E-state index contributed by atoms with van der Waals surface area (Å²) in [6.07, 6.45) is 5.56. The van der Waals surface area contributed by atoms with E-state index in [1.807, 2.05) is 56.6 Å². The molecule has 0 bridgehead atoms. The van der Waals surface area contributed by atoms with E-state index < -0.39 is 5.91 Å². The van der Waals surface area contributed by atoms with Crippen molar-refractivity contribution in [2.24, 2.45) is 5.73 Å². The van der Waals surface area contributed by atoms with Crippen LogP contribution in [0.25, 0.3) is 23.0 Å². The van der Waals surface area contributed by atoms with Crippen LogP contribution in [0.4, 0.5) is 5.69 Å². The number of amides is 2. The molecule has 7 nitrogen and oxygen atoms in total. The number of likely N-dealkylation sites (N-methyl/N-ethyl adjacent to an activating group) is 1. The van der Waals surface area contributed by atoms with Crippen molar-refractivity contribution in [1.82, 2.24) is 14.7 Å². The number of nitrogens with two attached hydrogens (primary N) is 1. The molecule has 3 N–H and O–H groups in total. The van der Waals surface area contributed by atoms with Gasteiger partial charge in [-0.25, -0.2) is 4.68 Å². The quantitative estimate of drug-likeness (QED) is 0.305. The van der Waals surface area contributed by atoms with Crippen LogP contribution < -0.4 is 11.1 Å². The van der Waals surface area contributed by atoms with E-state index in [2.05, 4.69) is 27.5 Å². The van der Waals surface area contributed by atoms with Crippen molar-refractivity contribution >= 4 is 47.6 Å². The lowest BCUT2D eigenvalue weighted by molar-refractivity contribution is 0.0992. The number of hydrogen-bond acceptors (Lipinski definition) is 4. The third kappa shape index (κ3) is 5.91. The zero-order valence-corrected chi connectivity index (χ0v) is 23.2. The summed E-state index contributed by atoms with van der Waals surface area (Å²) >= 11 is 6.22. The molecule has 39 heavy (non-hydrogen) atoms. The van der Waals surface area contributed by atoms with E-state index in [4.69, 9.17) is 17.3 Å². The number of nitrogens with one attached hydrogen (secondary N) is 1. The number of carbonyl (C=O) groups excluding carboxylic acids is 2. The summed E-state index contributed by atoms with van der Waals surface area (Å²) in [7, 11) is 4.05. The SMILES string of the molecule is CN(C)C/C=C/c1ccc(-n2nc(C(N)=O)c3c2-c2cc(NC(=O)c4ccccc4Cl)ccc2CC3)cc1.Cl. The van der Waals surface area contributed by atoms with Crippen molar-refractivity contribution in [1.29, 1.82) is 0 Å². The van der Waals surface area contributed by atoms with Crippen molar-refractivity contribution in [3.05, 3.63) is 106 Å². The smallest absolute Gasteiger partial charge is 0.269 e. The number of anilines is 1. The van der Waals surface area contributed by atoms with Crippen molar-refractivity contribution in [3.8, 4) is 16.9 Å². The van der Waals surface area contributed by atoms with E-state index in [0.29, 0.717) is 22.7 Å². The molecule has 5 rings (SSSR count). The molecule has 0 radical (unpaired) electrons. The maximum Gasteiger partial charge on any atom is 0.269 e. The number of rotatable bonds is 7. The first-order valence-corrected chi connectivity index (χ1v) is 12.7. The van der Waals surface area contributed by atoms with Crippen LogP contribution in [0.15, 0.2) is 72.8 Å². The van der Waals surface area contributed by atoms with Crippen LogP contribution in [-0.4, -0.2) is 47.1 Å². The monoisotopic (exact) mass is 561 g/mol. The van der Waals surface area contributed by atoms with Crippen LogP contribution in [0.5, 0.6) is 0 Å². The predicted octanol–water partition coefficient (Wildman–Crippen LogP) is 5.64. The van der Waals surface area contributed by atoms with Gasteiger partial charge in [0, 0.05) is 23.4 Å². The number of primary amides is 1. The first-order valence-electron chi connectivity index (χ1n) is 12.3. The standard InChI is InChI=1S/C30H28ClN5O2.ClH/c1-35(2)17-5-6-19-9-14-22(15-10-19)36-28-24(27(34-36)29(32)37)16-12-20-11-13-21(18-25(20)28)33-30(38)23-7-3-4-8-26(23)31;/h3-11,13-15,18H,12,16-17H2,1-2H3,(H2,32,37)(H,33,38);1H/b6-5+;. The van der Waals surface area contributed by atoms with Gasteiger partial charge in [0.05, 0.1) is 22.0 Å². The molecule has 0 fully saturated rings. The fraction of sp³-hybridized carbons (Fsp3) is 0.167. The highest BCUT2D eigenvalue weighted by molar-refractivity contribution is 6.34. The van der Waals surface area contributed by atoms with Gasteiger partial charge >= 0.3 is 0 Å². The maximum atomic E-state index is 12.9. The molecule has 1 aromatic heterocycles. The van der Waals surface area contributed by atoms with Gasteiger partial charge in [0.1, 0.15) is 0 Å². The highest BCUT2D eigenvalue weighted by atomic mass is 35.5. The van der Waals surface area contributed by atoms with Gasteiger partial charge in [-0.2, -0.15) is 5.10 Å². The molecule has 200 valence electrons. The molecule has 2 amide bonds. The molecule has 0 aliphatic heterocycles. The lowest BCUT2D eigenvalue weighted by Crippen LogP contribution is -2.15. The summed E-state index contributed by atoms with van der Waals surface area (Å²) < 4.78 is 1.78. The molecule has 1 aliphatic carbocycles. The van der Waals surface area contributed by atoms with Gasteiger partial charge in [-0.3, -0.25) is 9.59 Å². The molecule has 4 aromatic rings. The van der Waals surface area contributed by atoms with Crippen molar-refractivity contribution < 1.29 is 9.59 Å². The number of carbonyl (C=O) groups is 2. The molecule has 0 saturated heterocycles. The minimum Gasteiger partial charge on any atom is -0.364 e. The van der Waals surface area contributed by atoms with Gasteiger partial charge in [0.2, 0.25) is 0 Å². The molecule has 0 saturated carbocycles. The molecular formula is C30H29Cl2N5O2. The summed E-state index contributed by atoms with van der Waals surface area (Å²) in [4.78, 5) is 27.3. The average molecular weight is 563 g/mol. The normalized spacial score (nSPS) is 12.1. The minimum atomic E-state index is -0.560. The van der Waals surface area contributed by atoms with Crippen LogP contribution in [0, 0.1) is 0 Å². The lowest BCUT2D eigenvalue weighted by atomic mass is 9.88. The summed E-state index contributed by atoms with van der Waals surface area (Å²) in [5.74, 6) is -0.856. The molecule has 9 heteroatoms. The Morgan fingerprint density at radius 1 is 1.08 bits per heavy atom. The molecule has 1 heterocycles. The summed E-state index contributed by atoms with van der Waals surface area (Å²) in [5.41, 5.74) is 12.5. The molecular weight excluding hydrogens is 533 g/mol. The van der Waals surface area contributed by atoms with Crippen LogP contribution in [0.3, 0.4) is 0 Å². The third-order valence-electron chi connectivity index (χ3n) is 6.52. The lowest BCUT2D eigenvalue weighted by Gasteiger charge is -2.20. The molecule has 0 atom stereocenters. The number of halogens is 2. The van der Waals surface area contributed by atoms with Crippen molar-refractivity contribution in [3.63, 3.8) is 0 Å². The highest BCUT2D eigenvalue weighted by Gasteiger charge is 2.28. The Morgan fingerprint density at radius 2 is 1.82 bits per heavy atom. The first kappa shape index (κ1) is 28.1. The van der Waals surface area contributed by atoms with Crippen LogP contribution in [0.2, 0.25) is 5.02 Å². The van der Waals surface area contributed by atoms with Crippen LogP contribution >= 0.6 is 24.0 Å². The summed E-state index contributed by atoms with van der Waals surface area (Å²) in [6, 6.07) is 20.7. The molecule has 1 aliphatic rings. The summed E-state index contributed by atoms with van der Waals surface area (Å²) in [6.45, 7) is 0.850. The van der Waals surface area contributed by atoms with E-state index >= 15 is 0 Å². The topological polar surface area (TPSA) is 93.2 Å². The van der Waals surface area contributed by atoms with E-state index in [9.17, 15) is 9.59 Å². The van der Waals surface area contributed by atoms with Gasteiger partial charge in [-0.15, -0.1) is 12.4 Å². The number of aromatic nitrogens is 2. The van der Waals surface area contributed by atoms with Gasteiger partial charge in [-0.05, 0) is 74.5 Å². The van der Waals surface area contributed by atoms with E-state index in [-0.39, 0.29) is 24.0 Å². The molecule has 0 spiro atoms. The Balaban J connectivity index is 0.00000353. The fourth-order valence-corrected chi connectivity index (χ4v) is 4.89. The Hall–Kier alpha value is -3.91. The fourth-order valence-electron chi connectivity index (χ4n) is 4.67. The van der Waals surface area contributed by atoms with E-state index in [1.165, 1.54) is 0 Å². The number of nitrogens with zero attached hydrogens (tertiary/aromatic N) is 3.